The summed E-state index contributed by atoms with van der Waals surface area (Å²) in [4.78, 5) is 18.5. The first kappa shape index (κ1) is 20.9. The van der Waals surface area contributed by atoms with Crippen molar-refractivity contribution >= 4 is 39.3 Å². The summed E-state index contributed by atoms with van der Waals surface area (Å²) in [5, 5.41) is 1.09. The molecule has 2 aromatic rings. The van der Waals surface area contributed by atoms with E-state index in [1.54, 1.807) is 0 Å². The zero-order chi connectivity index (χ0) is 17.6. The second-order valence-electron chi connectivity index (χ2n) is 6.34. The molecule has 6 nitrogen and oxygen atoms in total. The molecule has 0 aliphatic carbocycles. The van der Waals surface area contributed by atoms with Crippen molar-refractivity contribution in [1.82, 2.24) is 19.9 Å². The van der Waals surface area contributed by atoms with E-state index in [2.05, 4.69) is 64.1 Å². The third-order valence-electron chi connectivity index (χ3n) is 4.40. The molecule has 2 N–H and O–H groups in total. The minimum absolute atomic E-state index is 0. The van der Waals surface area contributed by atoms with Crippen LogP contribution in [0.4, 0.5) is 11.9 Å². The summed E-state index contributed by atoms with van der Waals surface area (Å²) >= 11 is 0.392. The number of aromatic nitrogens is 3. The number of nitrogen functional groups attached to an aromatic ring is 1. The number of nitrogens with two attached hydrogens (primary N) is 1. The van der Waals surface area contributed by atoms with E-state index in [0.29, 0.717) is 25.7 Å². The number of halogens is 1. The Kier molecular flexibility index (Phi) is 8.10. The van der Waals surface area contributed by atoms with Crippen LogP contribution < -0.4 is 10.6 Å². The van der Waals surface area contributed by atoms with Crippen molar-refractivity contribution in [2.24, 2.45) is 0 Å². The number of rotatable bonds is 6. The van der Waals surface area contributed by atoms with Gasteiger partial charge in [0.1, 0.15) is 0 Å². The predicted molar refractivity (Wildman–Crippen MR) is 110 cm³/mol. The maximum Gasteiger partial charge on any atom is -0.147 e. The zero-order valence-corrected chi connectivity index (χ0v) is 17.9. The van der Waals surface area contributed by atoms with Crippen molar-refractivity contribution < 1.29 is 0 Å². The molecule has 3 rings (SSSR count). The smallest absolute Gasteiger partial charge is 0.147 e. The first-order chi connectivity index (χ1) is 12.2. The number of nitrogens with zero attached hydrogens (tertiary/aromatic N) is 5. The van der Waals surface area contributed by atoms with Crippen LogP contribution in [0.3, 0.4) is 0 Å². The largest absolute Gasteiger partial charge is 0.147 e. The summed E-state index contributed by atoms with van der Waals surface area (Å²) in [5.41, 5.74) is 7.38. The Morgan fingerprint density at radius 3 is 2.42 bits per heavy atom. The molecule has 142 valence electrons. The SMILES string of the molecule is CCC([Se]Cc1ccccc1)c1nc(N)nc(N2CCN(C)CC2)n1.Cl. The Bertz CT molecular complexity index is 679. The third kappa shape index (κ3) is 5.55. The molecule has 0 amide bonds. The first-order valence-electron chi connectivity index (χ1n) is 8.76. The zero-order valence-electron chi connectivity index (χ0n) is 15.3. The molecule has 26 heavy (non-hydrogen) atoms. The van der Waals surface area contributed by atoms with Crippen LogP contribution in [-0.2, 0) is 5.32 Å². The quantitative estimate of drug-likeness (QED) is 0.691. The Labute approximate surface area is 168 Å². The van der Waals surface area contributed by atoms with Crippen LogP contribution in [0.25, 0.3) is 0 Å². The molecule has 0 saturated carbocycles. The molecule has 1 aromatic heterocycles. The van der Waals surface area contributed by atoms with E-state index in [9.17, 15) is 0 Å². The Balaban J connectivity index is 0.00000243. The van der Waals surface area contributed by atoms with Gasteiger partial charge < -0.3 is 0 Å². The first-order valence-corrected chi connectivity index (χ1v) is 11.0. The van der Waals surface area contributed by atoms with Crippen LogP contribution in [0.1, 0.15) is 29.5 Å². The van der Waals surface area contributed by atoms with Crippen molar-refractivity contribution in [3.8, 4) is 0 Å². The molecule has 0 spiro atoms. The normalized spacial score (nSPS) is 16.2. The fourth-order valence-corrected chi connectivity index (χ4v) is 5.09. The second-order valence-corrected chi connectivity index (χ2v) is 8.83. The molecule has 8 heteroatoms. The van der Waals surface area contributed by atoms with Gasteiger partial charge in [-0.3, -0.25) is 0 Å². The van der Waals surface area contributed by atoms with Crippen molar-refractivity contribution in [1.29, 1.82) is 0 Å². The minimum atomic E-state index is 0. The van der Waals surface area contributed by atoms with Gasteiger partial charge in [-0.25, -0.2) is 0 Å². The number of piperazine rings is 1. The maximum atomic E-state index is 6.00. The van der Waals surface area contributed by atoms with Crippen LogP contribution in [0.2, 0.25) is 0 Å². The van der Waals surface area contributed by atoms with Crippen molar-refractivity contribution in [2.75, 3.05) is 43.9 Å². The van der Waals surface area contributed by atoms with Gasteiger partial charge in [-0.1, -0.05) is 0 Å². The molecule has 1 atom stereocenters. The topological polar surface area (TPSA) is 71.2 Å². The summed E-state index contributed by atoms with van der Waals surface area (Å²) in [7, 11) is 2.14. The van der Waals surface area contributed by atoms with Crippen molar-refractivity contribution in [3.05, 3.63) is 41.7 Å². The number of hydrogen-bond donors (Lipinski definition) is 1. The summed E-state index contributed by atoms with van der Waals surface area (Å²) in [6.45, 7) is 6.12. The second kappa shape index (κ2) is 10.1. The van der Waals surface area contributed by atoms with Gasteiger partial charge in [0.05, 0.1) is 0 Å². The average Bonchev–Trinajstić information content (AvgIpc) is 2.63. The van der Waals surface area contributed by atoms with Crippen molar-refractivity contribution in [2.45, 2.75) is 23.5 Å². The van der Waals surface area contributed by atoms with Gasteiger partial charge in [-0.15, -0.1) is 12.4 Å². The third-order valence-corrected chi connectivity index (χ3v) is 7.43. The Morgan fingerprint density at radius 1 is 1.08 bits per heavy atom. The monoisotopic (exact) mass is 442 g/mol. The molecule has 1 saturated heterocycles. The molecule has 1 aromatic carbocycles. The summed E-state index contributed by atoms with van der Waals surface area (Å²) in [6.07, 6.45) is 1.03. The Morgan fingerprint density at radius 2 is 1.77 bits per heavy atom. The van der Waals surface area contributed by atoms with E-state index < -0.39 is 0 Å². The maximum absolute atomic E-state index is 6.00. The van der Waals surface area contributed by atoms with Gasteiger partial charge in [-0.05, 0) is 0 Å². The van der Waals surface area contributed by atoms with Gasteiger partial charge in [0.25, 0.3) is 0 Å². The van der Waals surface area contributed by atoms with Crippen molar-refractivity contribution in [3.63, 3.8) is 0 Å². The molecule has 1 aliphatic heterocycles. The Hall–Kier alpha value is -1.40. The van der Waals surface area contributed by atoms with Crippen LogP contribution >= 0.6 is 12.4 Å². The van der Waals surface area contributed by atoms with E-state index in [-0.39, 0.29) is 12.4 Å². The predicted octanol–water partition coefficient (Wildman–Crippen LogP) is 1.98. The van der Waals surface area contributed by atoms with Crippen LogP contribution in [0, 0.1) is 0 Å². The number of benzene rings is 1. The van der Waals surface area contributed by atoms with Crippen LogP contribution in [0.15, 0.2) is 30.3 Å². The van der Waals surface area contributed by atoms with Gasteiger partial charge in [0, 0.05) is 0 Å². The van der Waals surface area contributed by atoms with E-state index in [1.807, 2.05) is 0 Å². The van der Waals surface area contributed by atoms with Crippen LogP contribution in [-0.4, -0.2) is 68.0 Å². The van der Waals surface area contributed by atoms with E-state index in [4.69, 9.17) is 10.7 Å². The number of likely N-dealkylation sites (N-methyl/N-ethyl adjacent to an activating group) is 1. The number of hydrogen-bond acceptors (Lipinski definition) is 6. The van der Waals surface area contributed by atoms with Gasteiger partial charge >= 0.3 is 156 Å². The molecular formula is C18H27ClN6Se. The number of anilines is 2. The van der Waals surface area contributed by atoms with Gasteiger partial charge in [0.2, 0.25) is 0 Å². The fraction of sp³-hybridized carbons (Fsp3) is 0.500. The summed E-state index contributed by atoms with van der Waals surface area (Å²) in [6, 6.07) is 10.6. The van der Waals surface area contributed by atoms with Gasteiger partial charge in [0.15, 0.2) is 0 Å². The molecular weight excluding hydrogens is 415 g/mol. The minimum Gasteiger partial charge on any atom is -0.147 e. The molecule has 1 fully saturated rings. The van der Waals surface area contributed by atoms with Gasteiger partial charge in [-0.2, -0.15) is 0 Å². The summed E-state index contributed by atoms with van der Waals surface area (Å²) < 4.78 is 0. The summed E-state index contributed by atoms with van der Waals surface area (Å²) in [5.74, 6) is 1.94. The van der Waals surface area contributed by atoms with E-state index >= 15 is 0 Å². The van der Waals surface area contributed by atoms with Crippen LogP contribution in [0.5, 0.6) is 0 Å². The molecule has 1 aliphatic rings. The molecule has 0 bridgehead atoms. The standard InChI is InChI=1S/C18H26N6Se.ClH/c1-3-15(25-13-14-7-5-4-6-8-14)16-20-17(19)22-18(21-16)24-11-9-23(2)10-12-24;/h4-8,15H,3,9-13H2,1-2H3,(H2,19,20,21,22);1H. The molecule has 0 radical (unpaired) electrons. The molecule has 2 heterocycles. The van der Waals surface area contributed by atoms with E-state index in [0.717, 1.165) is 49.7 Å². The fourth-order valence-electron chi connectivity index (χ4n) is 2.84. The van der Waals surface area contributed by atoms with E-state index in [1.165, 1.54) is 5.56 Å². The molecule has 1 unspecified atom stereocenters. The average molecular weight is 442 g/mol.